The summed E-state index contributed by atoms with van der Waals surface area (Å²) < 4.78 is 23.5. The van der Waals surface area contributed by atoms with Gasteiger partial charge in [0.1, 0.15) is 0 Å². The highest BCUT2D eigenvalue weighted by molar-refractivity contribution is 7.92. The van der Waals surface area contributed by atoms with Crippen molar-refractivity contribution in [3.05, 3.63) is 34.9 Å². The molecule has 0 aromatic heterocycles. The number of halogens is 1. The Bertz CT molecular complexity index is 684. The van der Waals surface area contributed by atoms with Crippen LogP contribution < -0.4 is 5.32 Å². The van der Waals surface area contributed by atoms with Crippen molar-refractivity contribution in [2.45, 2.75) is 31.4 Å². The molecule has 1 fully saturated rings. The van der Waals surface area contributed by atoms with Crippen LogP contribution in [0.15, 0.2) is 29.3 Å². The highest BCUT2D eigenvalue weighted by atomic mass is 35.5. The van der Waals surface area contributed by atoms with E-state index in [-0.39, 0.29) is 5.75 Å². The molecular formula is C17H26ClN3O2S. The van der Waals surface area contributed by atoms with E-state index in [1.165, 1.54) is 5.56 Å². The van der Waals surface area contributed by atoms with Crippen molar-refractivity contribution >= 4 is 27.4 Å². The minimum Gasteiger partial charge on any atom is -0.356 e. The van der Waals surface area contributed by atoms with Crippen molar-refractivity contribution in [2.24, 2.45) is 4.99 Å². The summed E-state index contributed by atoms with van der Waals surface area (Å²) in [5.41, 5.74) is 1.25. The first-order chi connectivity index (χ1) is 11.2. The molecule has 0 radical (unpaired) electrons. The predicted octanol–water partition coefficient (Wildman–Crippen LogP) is 2.36. The Hall–Kier alpha value is -1.27. The molecule has 1 aromatic rings. The summed E-state index contributed by atoms with van der Waals surface area (Å²) in [6.45, 7) is 5.30. The smallest absolute Gasteiger partial charge is 0.193 e. The second-order valence-electron chi connectivity index (χ2n) is 6.70. The Morgan fingerprint density at radius 3 is 2.58 bits per heavy atom. The predicted molar refractivity (Wildman–Crippen MR) is 101 cm³/mol. The van der Waals surface area contributed by atoms with E-state index in [9.17, 15) is 8.42 Å². The number of rotatable bonds is 4. The van der Waals surface area contributed by atoms with Gasteiger partial charge in [-0.25, -0.2) is 8.42 Å². The van der Waals surface area contributed by atoms with Crippen LogP contribution >= 0.6 is 11.6 Å². The monoisotopic (exact) mass is 371 g/mol. The van der Waals surface area contributed by atoms with Gasteiger partial charge in [-0.2, -0.15) is 0 Å². The van der Waals surface area contributed by atoms with E-state index < -0.39 is 14.6 Å². The van der Waals surface area contributed by atoms with E-state index in [1.54, 1.807) is 20.9 Å². The summed E-state index contributed by atoms with van der Waals surface area (Å²) in [6.07, 6.45) is 1.93. The Kier molecular flexibility index (Phi) is 6.15. The van der Waals surface area contributed by atoms with Gasteiger partial charge in [-0.1, -0.05) is 23.7 Å². The second kappa shape index (κ2) is 7.74. The fourth-order valence-electron chi connectivity index (χ4n) is 2.80. The van der Waals surface area contributed by atoms with Crippen molar-refractivity contribution in [3.63, 3.8) is 0 Å². The fourth-order valence-corrected chi connectivity index (χ4v) is 4.29. The number of nitrogens with zero attached hydrogens (tertiary/aromatic N) is 2. The number of sulfone groups is 1. The number of guanidine groups is 1. The molecule has 1 N–H and O–H groups in total. The zero-order valence-electron chi connectivity index (χ0n) is 14.5. The largest absolute Gasteiger partial charge is 0.356 e. The van der Waals surface area contributed by atoms with Crippen LogP contribution in [-0.2, 0) is 16.3 Å². The van der Waals surface area contributed by atoms with Crippen LogP contribution in [0.1, 0.15) is 25.8 Å². The third-order valence-corrected chi connectivity index (χ3v) is 7.18. The van der Waals surface area contributed by atoms with E-state index in [0.29, 0.717) is 13.1 Å². The molecule has 0 spiro atoms. The highest BCUT2D eigenvalue weighted by Crippen LogP contribution is 2.23. The van der Waals surface area contributed by atoms with Crippen LogP contribution in [0.25, 0.3) is 0 Å². The van der Waals surface area contributed by atoms with Gasteiger partial charge in [0.25, 0.3) is 0 Å². The summed E-state index contributed by atoms with van der Waals surface area (Å²) >= 11 is 5.89. The van der Waals surface area contributed by atoms with Crippen molar-refractivity contribution in [3.8, 4) is 0 Å². The van der Waals surface area contributed by atoms with Crippen LogP contribution in [0.5, 0.6) is 0 Å². The van der Waals surface area contributed by atoms with Gasteiger partial charge in [0.05, 0.1) is 10.5 Å². The Balaban J connectivity index is 1.84. The number of benzene rings is 1. The molecule has 1 heterocycles. The molecule has 1 aliphatic rings. The zero-order chi connectivity index (χ0) is 17.8. The topological polar surface area (TPSA) is 61.8 Å². The minimum atomic E-state index is -3.04. The van der Waals surface area contributed by atoms with Gasteiger partial charge < -0.3 is 10.2 Å². The molecule has 1 saturated heterocycles. The Morgan fingerprint density at radius 2 is 2.00 bits per heavy atom. The molecule has 0 atom stereocenters. The Labute approximate surface area is 150 Å². The molecule has 1 aliphatic heterocycles. The van der Waals surface area contributed by atoms with E-state index >= 15 is 0 Å². The van der Waals surface area contributed by atoms with Crippen molar-refractivity contribution in [1.82, 2.24) is 10.2 Å². The highest BCUT2D eigenvalue weighted by Gasteiger charge is 2.40. The first-order valence-electron chi connectivity index (χ1n) is 8.17. The summed E-state index contributed by atoms with van der Waals surface area (Å²) in [5, 5.41) is 4.09. The number of aryl methyl sites for hydroxylation is 1. The van der Waals surface area contributed by atoms with Crippen molar-refractivity contribution < 1.29 is 8.42 Å². The van der Waals surface area contributed by atoms with E-state index in [4.69, 9.17) is 11.6 Å². The quantitative estimate of drug-likeness (QED) is 0.501. The average Bonchev–Trinajstić information content (AvgIpc) is 2.52. The normalized spacial score (nSPS) is 20.0. The SMILES string of the molecule is CN=C(NCCCc1ccc(Cl)cc1)N1CCS(=O)(=O)C(C)(C)C1. The first-order valence-corrected chi connectivity index (χ1v) is 10.2. The lowest BCUT2D eigenvalue weighted by atomic mass is 10.1. The summed E-state index contributed by atoms with van der Waals surface area (Å²) in [7, 11) is -1.30. The zero-order valence-corrected chi connectivity index (χ0v) is 16.1. The summed E-state index contributed by atoms with van der Waals surface area (Å²) in [6, 6.07) is 7.88. The lowest BCUT2D eigenvalue weighted by Gasteiger charge is -2.39. The number of nitrogens with one attached hydrogen (secondary N) is 1. The maximum atomic E-state index is 12.1. The number of aliphatic imine (C=N–C) groups is 1. The lowest BCUT2D eigenvalue weighted by Crippen LogP contribution is -2.57. The number of hydrogen-bond acceptors (Lipinski definition) is 3. The van der Waals surface area contributed by atoms with Gasteiger partial charge in [0.2, 0.25) is 0 Å². The van der Waals surface area contributed by atoms with Gasteiger partial charge in [-0.15, -0.1) is 0 Å². The molecule has 0 saturated carbocycles. The number of hydrogen-bond donors (Lipinski definition) is 1. The van der Waals surface area contributed by atoms with Crippen molar-refractivity contribution in [1.29, 1.82) is 0 Å². The molecule has 0 unspecified atom stereocenters. The lowest BCUT2D eigenvalue weighted by molar-refractivity contribution is 0.353. The van der Waals surface area contributed by atoms with Crippen molar-refractivity contribution in [2.75, 3.05) is 32.4 Å². The Morgan fingerprint density at radius 1 is 1.33 bits per heavy atom. The van der Waals surface area contributed by atoms with Crippen LogP contribution in [0.2, 0.25) is 5.02 Å². The second-order valence-corrected chi connectivity index (χ2v) is 9.88. The van der Waals surface area contributed by atoms with Gasteiger partial charge in [0, 0.05) is 31.7 Å². The van der Waals surface area contributed by atoms with E-state index in [2.05, 4.69) is 10.3 Å². The molecule has 2 rings (SSSR count). The molecule has 5 nitrogen and oxygen atoms in total. The van der Waals surface area contributed by atoms with E-state index in [0.717, 1.165) is 30.4 Å². The molecule has 0 amide bonds. The minimum absolute atomic E-state index is 0.172. The molecule has 0 bridgehead atoms. The molecule has 7 heteroatoms. The fraction of sp³-hybridized carbons (Fsp3) is 0.588. The summed E-state index contributed by atoms with van der Waals surface area (Å²) in [5.74, 6) is 0.944. The van der Waals surface area contributed by atoms with Crippen LogP contribution in [0.4, 0.5) is 0 Å². The van der Waals surface area contributed by atoms with E-state index in [1.807, 2.05) is 29.2 Å². The third-order valence-electron chi connectivity index (χ3n) is 4.39. The van der Waals surface area contributed by atoms with Gasteiger partial charge in [-0.3, -0.25) is 4.99 Å². The van der Waals surface area contributed by atoms with Gasteiger partial charge >= 0.3 is 0 Å². The summed E-state index contributed by atoms with van der Waals surface area (Å²) in [4.78, 5) is 6.33. The van der Waals surface area contributed by atoms with Gasteiger partial charge in [-0.05, 0) is 44.4 Å². The first kappa shape index (κ1) is 19.1. The maximum Gasteiger partial charge on any atom is 0.193 e. The molecule has 1 aromatic carbocycles. The molecular weight excluding hydrogens is 346 g/mol. The average molecular weight is 372 g/mol. The van der Waals surface area contributed by atoms with Crippen LogP contribution in [-0.4, -0.2) is 56.5 Å². The standard InChI is InChI=1S/C17H26ClN3O2S/c1-17(2)13-21(11-12-24(17,22)23)16(19-3)20-10-4-5-14-6-8-15(18)9-7-14/h6-9H,4-5,10-13H2,1-3H3,(H,19,20). The van der Waals surface area contributed by atoms with Crippen LogP contribution in [0.3, 0.4) is 0 Å². The molecule has 24 heavy (non-hydrogen) atoms. The molecule has 134 valence electrons. The molecule has 0 aliphatic carbocycles. The van der Waals surface area contributed by atoms with Crippen LogP contribution in [0, 0.1) is 0 Å². The maximum absolute atomic E-state index is 12.1. The third kappa shape index (κ3) is 4.63. The van der Waals surface area contributed by atoms with Gasteiger partial charge in [0.15, 0.2) is 15.8 Å².